The molecule has 2 N–H and O–H groups in total. The summed E-state index contributed by atoms with van der Waals surface area (Å²) in [6.45, 7) is 2.06. The molecule has 1 aromatic heterocycles. The molecule has 1 aromatic rings. The van der Waals surface area contributed by atoms with E-state index in [1.165, 1.54) is 64.2 Å². The predicted octanol–water partition coefficient (Wildman–Crippen LogP) is 3.87. The second-order valence-corrected chi connectivity index (χ2v) is 7.69. The number of hydrogen-bond donors (Lipinski definition) is 2. The molecule has 0 amide bonds. The molecule has 0 atom stereocenters. The Kier molecular flexibility index (Phi) is 7.29. The Labute approximate surface area is 162 Å². The first-order valence-electron chi connectivity index (χ1n) is 10.00. The van der Waals surface area contributed by atoms with Crippen LogP contribution in [0, 0.1) is 0 Å². The fourth-order valence-corrected chi connectivity index (χ4v) is 4.04. The molecule has 7 heteroatoms. The van der Waals surface area contributed by atoms with E-state index in [9.17, 15) is 0 Å². The number of anilines is 2. The lowest BCUT2D eigenvalue weighted by Gasteiger charge is -2.23. The molecule has 2 heterocycles. The molecule has 144 valence electrons. The molecule has 2 fully saturated rings. The third kappa shape index (κ3) is 5.69. The smallest absolute Gasteiger partial charge is 0.234 e. The van der Waals surface area contributed by atoms with Crippen LogP contribution < -0.4 is 20.3 Å². The van der Waals surface area contributed by atoms with Crippen molar-refractivity contribution in [2.75, 3.05) is 30.4 Å². The molecule has 1 aliphatic carbocycles. The molecular formula is C19H31N5OS. The van der Waals surface area contributed by atoms with Gasteiger partial charge in [-0.3, -0.25) is 0 Å². The molecule has 1 aliphatic heterocycles. The number of hydrogen-bond acceptors (Lipinski definition) is 5. The van der Waals surface area contributed by atoms with E-state index in [0.29, 0.717) is 23.0 Å². The summed E-state index contributed by atoms with van der Waals surface area (Å²) < 4.78 is 5.38. The molecule has 0 spiro atoms. The number of nitrogens with zero attached hydrogens (tertiary/aromatic N) is 3. The minimum atomic E-state index is 0.452. The van der Waals surface area contributed by atoms with Gasteiger partial charge in [0.25, 0.3) is 0 Å². The van der Waals surface area contributed by atoms with Gasteiger partial charge in [-0.05, 0) is 37.9 Å². The van der Waals surface area contributed by atoms with Crippen molar-refractivity contribution in [2.45, 2.75) is 70.3 Å². The largest absolute Gasteiger partial charge is 0.481 e. The fraction of sp³-hybridized carbons (Fsp3) is 0.737. The monoisotopic (exact) mass is 377 g/mol. The van der Waals surface area contributed by atoms with E-state index in [0.717, 1.165) is 18.9 Å². The molecular weight excluding hydrogens is 346 g/mol. The predicted molar refractivity (Wildman–Crippen MR) is 110 cm³/mol. The van der Waals surface area contributed by atoms with Gasteiger partial charge in [-0.25, -0.2) is 0 Å². The van der Waals surface area contributed by atoms with Crippen molar-refractivity contribution in [1.82, 2.24) is 15.3 Å². The van der Waals surface area contributed by atoms with E-state index < -0.39 is 0 Å². The zero-order chi connectivity index (χ0) is 18.2. The van der Waals surface area contributed by atoms with Crippen molar-refractivity contribution >= 4 is 29.1 Å². The molecule has 2 aliphatic rings. The number of rotatable bonds is 4. The Hall–Kier alpha value is -1.63. The Morgan fingerprint density at radius 2 is 1.69 bits per heavy atom. The lowest BCUT2D eigenvalue weighted by molar-refractivity contribution is 0.397. The Bertz CT molecular complexity index is 581. The first kappa shape index (κ1) is 19.1. The number of nitrogens with one attached hydrogen (secondary N) is 2. The highest BCUT2D eigenvalue weighted by molar-refractivity contribution is 7.80. The van der Waals surface area contributed by atoms with Gasteiger partial charge in [-0.15, -0.1) is 0 Å². The van der Waals surface area contributed by atoms with Crippen LogP contribution in [0.1, 0.15) is 64.2 Å². The van der Waals surface area contributed by atoms with Gasteiger partial charge in [0.05, 0.1) is 7.11 Å². The fourth-order valence-electron chi connectivity index (χ4n) is 3.78. The molecule has 0 unspecified atom stereocenters. The van der Waals surface area contributed by atoms with Crippen molar-refractivity contribution in [3.05, 3.63) is 6.07 Å². The Morgan fingerprint density at radius 1 is 1.04 bits per heavy atom. The lowest BCUT2D eigenvalue weighted by Crippen LogP contribution is -2.38. The van der Waals surface area contributed by atoms with E-state index in [1.807, 2.05) is 6.07 Å². The molecule has 0 radical (unpaired) electrons. The lowest BCUT2D eigenvalue weighted by atomic mass is 10.1. The van der Waals surface area contributed by atoms with Gasteiger partial charge < -0.3 is 20.3 Å². The highest BCUT2D eigenvalue weighted by Crippen LogP contribution is 2.23. The summed E-state index contributed by atoms with van der Waals surface area (Å²) in [4.78, 5) is 11.4. The Morgan fingerprint density at radius 3 is 2.35 bits per heavy atom. The standard InChI is InChI=1S/C19H31N5OS/c1-25-17-14-16(24-12-8-4-5-9-13-24)21-18(22-17)23-19(26)20-15-10-6-2-3-7-11-15/h14-15H,2-13H2,1H3,(H2,20,21,22,23,26). The van der Waals surface area contributed by atoms with E-state index in [-0.39, 0.29) is 0 Å². The summed E-state index contributed by atoms with van der Waals surface area (Å²) in [5.41, 5.74) is 0. The van der Waals surface area contributed by atoms with Crippen LogP contribution in [-0.2, 0) is 0 Å². The minimum Gasteiger partial charge on any atom is -0.481 e. The molecule has 6 nitrogen and oxygen atoms in total. The topological polar surface area (TPSA) is 62.3 Å². The van der Waals surface area contributed by atoms with Crippen molar-refractivity contribution in [3.8, 4) is 5.88 Å². The van der Waals surface area contributed by atoms with Crippen LogP contribution in [0.3, 0.4) is 0 Å². The first-order chi connectivity index (χ1) is 12.7. The van der Waals surface area contributed by atoms with Gasteiger partial charge in [0.1, 0.15) is 5.82 Å². The average Bonchev–Trinajstić information content (AvgIpc) is 3.06. The zero-order valence-corrected chi connectivity index (χ0v) is 16.6. The maximum atomic E-state index is 5.51. The zero-order valence-electron chi connectivity index (χ0n) is 15.8. The van der Waals surface area contributed by atoms with E-state index in [1.54, 1.807) is 7.11 Å². The maximum absolute atomic E-state index is 5.51. The summed E-state index contributed by atoms with van der Waals surface area (Å²) in [7, 11) is 1.64. The number of methoxy groups -OCH3 is 1. The van der Waals surface area contributed by atoms with Crippen LogP contribution in [0.15, 0.2) is 6.07 Å². The van der Waals surface area contributed by atoms with Crippen LogP contribution in [0.5, 0.6) is 5.88 Å². The first-order valence-corrected chi connectivity index (χ1v) is 10.4. The van der Waals surface area contributed by atoms with E-state index in [4.69, 9.17) is 21.9 Å². The molecule has 1 saturated heterocycles. The second kappa shape index (κ2) is 9.90. The molecule has 3 rings (SSSR count). The van der Waals surface area contributed by atoms with E-state index in [2.05, 4.69) is 20.5 Å². The van der Waals surface area contributed by atoms with Gasteiger partial charge >= 0.3 is 0 Å². The third-order valence-corrected chi connectivity index (χ3v) is 5.46. The van der Waals surface area contributed by atoms with Gasteiger partial charge in [0.15, 0.2) is 5.11 Å². The number of ether oxygens (including phenoxy) is 1. The molecule has 0 aromatic carbocycles. The van der Waals surface area contributed by atoms with Gasteiger partial charge in [-0.1, -0.05) is 38.5 Å². The van der Waals surface area contributed by atoms with E-state index >= 15 is 0 Å². The maximum Gasteiger partial charge on any atom is 0.234 e. The van der Waals surface area contributed by atoms with Crippen LogP contribution in [-0.4, -0.2) is 41.3 Å². The summed E-state index contributed by atoms with van der Waals surface area (Å²) >= 11 is 5.51. The van der Waals surface area contributed by atoms with Crippen LogP contribution in [0.4, 0.5) is 11.8 Å². The highest BCUT2D eigenvalue weighted by atomic mass is 32.1. The van der Waals surface area contributed by atoms with Crippen molar-refractivity contribution in [3.63, 3.8) is 0 Å². The normalized spacial score (nSPS) is 19.3. The SMILES string of the molecule is COc1cc(N2CCCCCC2)nc(NC(=S)NC2CCCCCC2)n1. The third-order valence-electron chi connectivity index (χ3n) is 5.24. The Balaban J connectivity index is 1.65. The van der Waals surface area contributed by atoms with Crippen molar-refractivity contribution in [1.29, 1.82) is 0 Å². The van der Waals surface area contributed by atoms with Gasteiger partial charge in [-0.2, -0.15) is 9.97 Å². The molecule has 1 saturated carbocycles. The average molecular weight is 378 g/mol. The van der Waals surface area contributed by atoms with Crippen molar-refractivity contribution in [2.24, 2.45) is 0 Å². The number of aromatic nitrogens is 2. The summed E-state index contributed by atoms with van der Waals surface area (Å²) in [5.74, 6) is 1.99. The second-order valence-electron chi connectivity index (χ2n) is 7.28. The summed E-state index contributed by atoms with van der Waals surface area (Å²) in [5, 5.41) is 7.21. The summed E-state index contributed by atoms with van der Waals surface area (Å²) in [6.07, 6.45) is 12.6. The van der Waals surface area contributed by atoms with Gasteiger partial charge in [0, 0.05) is 25.2 Å². The van der Waals surface area contributed by atoms with Crippen molar-refractivity contribution < 1.29 is 4.74 Å². The quantitative estimate of drug-likeness (QED) is 0.610. The molecule has 26 heavy (non-hydrogen) atoms. The van der Waals surface area contributed by atoms with Crippen LogP contribution >= 0.6 is 12.2 Å². The van der Waals surface area contributed by atoms with Crippen LogP contribution in [0.2, 0.25) is 0 Å². The summed E-state index contributed by atoms with van der Waals surface area (Å²) in [6, 6.07) is 2.37. The number of thiocarbonyl (C=S) groups is 1. The highest BCUT2D eigenvalue weighted by Gasteiger charge is 2.16. The van der Waals surface area contributed by atoms with Crippen LogP contribution in [0.25, 0.3) is 0 Å². The molecule has 0 bridgehead atoms. The minimum absolute atomic E-state index is 0.452. The van der Waals surface area contributed by atoms with Gasteiger partial charge in [0.2, 0.25) is 11.8 Å².